The molecule has 4 aromatic rings. The Kier molecular flexibility index (Phi) is 8.00. The molecule has 25 heteroatoms. The number of H-pyrrole nitrogens is 1. The quantitative estimate of drug-likeness (QED) is 0.156. The average molecular weight is 700 g/mol. The Morgan fingerprint density at radius 3 is 2.50 bits per heavy atom. The molecule has 0 spiro atoms. The minimum absolute atomic E-state index is 0.0126. The molecule has 0 amide bonds. The molecule has 7 heterocycles. The number of alkyl halides is 1. The van der Waals surface area contributed by atoms with Crippen LogP contribution in [0.4, 0.5) is 16.2 Å². The van der Waals surface area contributed by atoms with Gasteiger partial charge in [0.15, 0.2) is 41.3 Å². The van der Waals surface area contributed by atoms with Crippen molar-refractivity contribution in [1.29, 1.82) is 0 Å². The third kappa shape index (κ3) is 5.54. The topological polar surface area (TPSA) is 261 Å². The molecule has 0 aliphatic carbocycles. The van der Waals surface area contributed by atoms with Gasteiger partial charge in [-0.2, -0.15) is 4.98 Å². The van der Waals surface area contributed by atoms with Gasteiger partial charge in [-0.1, -0.05) is 0 Å². The SMILES string of the molecule is [B][P@@]1(=O)OCC2OC(n3cnc4c(=O)[nH]c(N)nc43)C(OP(O)(=S)OCC3OC(n4cnc5c(N)ncnc54)C(F)C3O1)C2OC. The highest BCUT2D eigenvalue weighted by atomic mass is 32.5. The summed E-state index contributed by atoms with van der Waals surface area (Å²) < 4.78 is 72.1. The summed E-state index contributed by atoms with van der Waals surface area (Å²) in [6, 6.07) is 0. The van der Waals surface area contributed by atoms with E-state index in [0.29, 0.717) is 0 Å². The molecular formula is C21H24BFN10O10P2S. The van der Waals surface area contributed by atoms with E-state index >= 15 is 4.39 Å². The first-order valence-corrected chi connectivity index (χ1v) is 17.6. The van der Waals surface area contributed by atoms with E-state index in [9.17, 15) is 14.3 Å². The largest absolute Gasteiger partial charge is 0.382 e. The third-order valence-electron chi connectivity index (χ3n) is 7.55. The van der Waals surface area contributed by atoms with E-state index in [4.69, 9.17) is 63.1 Å². The number of nitrogens with two attached hydrogens (primary N) is 2. The first kappa shape index (κ1) is 31.6. The predicted octanol–water partition coefficient (Wildman–Crippen LogP) is -0.418. The lowest BCUT2D eigenvalue weighted by Gasteiger charge is -2.28. The number of hydrogen-bond acceptors (Lipinski definition) is 17. The standard InChI is InChI=1S/C21H24BFN10O10P2S/c1-37-13-8-2-38-44(22,35)42-12-7(40-19(9(12)23)32-5-28-10-15(24)26-4-27-16(10)32)3-39-45(36,46)43-14(13)20(41-8)33-6-29-11-17(33)30-21(25)31-18(11)34/h4-9,12-14,19-20H,2-3H2,1H3,(H,36,46)(H2,24,26,27)(H3,25,30,31,34)/t7?,8?,9?,12?,13?,14?,19?,20?,44-,45?/m1/s1. The van der Waals surface area contributed by atoms with Crippen molar-refractivity contribution in [1.82, 2.24) is 39.0 Å². The number of nitrogens with one attached hydrogen (secondary N) is 1. The Balaban J connectivity index is 1.22. The molecule has 9 unspecified atom stereocenters. The summed E-state index contributed by atoms with van der Waals surface area (Å²) in [5.41, 5.74) is 11.3. The second-order valence-electron chi connectivity index (χ2n) is 10.4. The van der Waals surface area contributed by atoms with E-state index in [1.165, 1.54) is 35.2 Å². The van der Waals surface area contributed by atoms with Crippen LogP contribution < -0.4 is 17.0 Å². The summed E-state index contributed by atoms with van der Waals surface area (Å²) in [5.74, 6) is -0.149. The molecule has 20 nitrogen and oxygen atoms in total. The molecule has 7 rings (SSSR count). The number of fused-ring (bicyclic) bond motifs is 5. The van der Waals surface area contributed by atoms with Gasteiger partial charge in [-0.15, -0.1) is 0 Å². The highest BCUT2D eigenvalue weighted by Gasteiger charge is 2.53. The first-order valence-electron chi connectivity index (χ1n) is 13.4. The molecule has 2 radical (unpaired) electrons. The van der Waals surface area contributed by atoms with Crippen molar-refractivity contribution < 1.29 is 46.2 Å². The highest BCUT2D eigenvalue weighted by molar-refractivity contribution is 8.07. The number of anilines is 2. The van der Waals surface area contributed by atoms with Crippen LogP contribution in [-0.2, 0) is 48.7 Å². The van der Waals surface area contributed by atoms with Crippen LogP contribution in [0.25, 0.3) is 22.3 Å². The van der Waals surface area contributed by atoms with Crippen molar-refractivity contribution in [3.05, 3.63) is 29.3 Å². The van der Waals surface area contributed by atoms with Gasteiger partial charge in [-0.05, 0) is 11.8 Å². The predicted molar refractivity (Wildman–Crippen MR) is 157 cm³/mol. The van der Waals surface area contributed by atoms with E-state index in [1.807, 2.05) is 0 Å². The summed E-state index contributed by atoms with van der Waals surface area (Å²) in [6.45, 7) is -5.36. The van der Waals surface area contributed by atoms with Crippen molar-refractivity contribution in [3.63, 3.8) is 0 Å². The lowest BCUT2D eigenvalue weighted by Crippen LogP contribution is -2.37. The summed E-state index contributed by atoms with van der Waals surface area (Å²) in [6.07, 6.45) is -7.46. The number of imidazole rings is 2. The van der Waals surface area contributed by atoms with E-state index < -0.39 is 82.1 Å². The summed E-state index contributed by atoms with van der Waals surface area (Å²) in [4.78, 5) is 46.2. The summed E-state index contributed by atoms with van der Waals surface area (Å²) in [7, 11) is 2.69. The summed E-state index contributed by atoms with van der Waals surface area (Å²) >= 11 is 5.31. The van der Waals surface area contributed by atoms with Gasteiger partial charge in [0.1, 0.15) is 42.4 Å². The smallest absolute Gasteiger partial charge is 0.325 e. The van der Waals surface area contributed by atoms with Crippen LogP contribution in [0, 0.1) is 0 Å². The number of halogens is 1. The average Bonchev–Trinajstić information content (AvgIpc) is 3.75. The molecule has 4 aromatic heterocycles. The van der Waals surface area contributed by atoms with Gasteiger partial charge in [0.05, 0.1) is 25.9 Å². The van der Waals surface area contributed by atoms with Crippen LogP contribution in [0.2, 0.25) is 0 Å². The maximum Gasteiger partial charge on any atom is 0.325 e. The molecule has 3 fully saturated rings. The number of hydrogen-bond donors (Lipinski definition) is 4. The van der Waals surface area contributed by atoms with Gasteiger partial charge in [-0.3, -0.25) is 28.0 Å². The van der Waals surface area contributed by atoms with Crippen LogP contribution in [0.1, 0.15) is 12.5 Å². The first-order chi connectivity index (χ1) is 21.9. The van der Waals surface area contributed by atoms with Crippen molar-refractivity contribution in [2.45, 2.75) is 49.1 Å². The lowest BCUT2D eigenvalue weighted by atomic mass is 10.1. The van der Waals surface area contributed by atoms with Crippen molar-refractivity contribution in [2.75, 3.05) is 31.8 Å². The zero-order chi connectivity index (χ0) is 32.5. The molecule has 46 heavy (non-hydrogen) atoms. The number of ether oxygens (including phenoxy) is 3. The number of nitrogens with zero attached hydrogens (tertiary/aromatic N) is 7. The number of aromatic nitrogens is 8. The van der Waals surface area contributed by atoms with Crippen LogP contribution in [0.5, 0.6) is 0 Å². The zero-order valence-electron chi connectivity index (χ0n) is 23.4. The molecule has 2 bridgehead atoms. The van der Waals surface area contributed by atoms with Crippen LogP contribution in [0.15, 0.2) is 23.8 Å². The monoisotopic (exact) mass is 700 g/mol. The molecule has 10 atom stereocenters. The van der Waals surface area contributed by atoms with Gasteiger partial charge < -0.3 is 44.1 Å². The fraction of sp³-hybridized carbons (Fsp3) is 0.524. The number of nitrogen functional groups attached to an aromatic ring is 2. The Bertz CT molecular complexity index is 1970. The molecule has 3 aliphatic heterocycles. The number of aromatic amines is 1. The third-order valence-corrected chi connectivity index (χ3v) is 10.2. The van der Waals surface area contributed by atoms with Crippen LogP contribution in [-0.4, -0.2) is 109 Å². The van der Waals surface area contributed by atoms with Gasteiger partial charge >= 0.3 is 6.72 Å². The van der Waals surface area contributed by atoms with Crippen LogP contribution in [0.3, 0.4) is 0 Å². The molecule has 0 saturated carbocycles. The second kappa shape index (κ2) is 11.6. The Morgan fingerprint density at radius 1 is 1.04 bits per heavy atom. The molecule has 3 saturated heterocycles. The fourth-order valence-electron chi connectivity index (χ4n) is 5.56. The number of methoxy groups -OCH3 is 1. The molecule has 3 aliphatic rings. The Labute approximate surface area is 263 Å². The normalized spacial score (nSPS) is 37.1. The maximum absolute atomic E-state index is 16.1. The van der Waals surface area contributed by atoms with Gasteiger partial charge in [0, 0.05) is 7.11 Å². The molecule has 244 valence electrons. The maximum atomic E-state index is 16.1. The molecular weight excluding hydrogens is 676 g/mol. The Morgan fingerprint density at radius 2 is 1.74 bits per heavy atom. The number of rotatable bonds is 3. The van der Waals surface area contributed by atoms with E-state index in [1.54, 1.807) is 0 Å². The van der Waals surface area contributed by atoms with E-state index in [-0.39, 0.29) is 34.1 Å². The molecule has 0 aromatic carbocycles. The van der Waals surface area contributed by atoms with Crippen molar-refractivity contribution >= 4 is 67.7 Å². The van der Waals surface area contributed by atoms with Crippen molar-refractivity contribution in [3.8, 4) is 0 Å². The second-order valence-corrected chi connectivity index (χ2v) is 14.7. The summed E-state index contributed by atoms with van der Waals surface area (Å²) in [5, 5.41) is 0. The zero-order valence-corrected chi connectivity index (χ0v) is 26.0. The minimum Gasteiger partial charge on any atom is -0.382 e. The van der Waals surface area contributed by atoms with Crippen LogP contribution >= 0.6 is 14.2 Å². The fourth-order valence-corrected chi connectivity index (χ4v) is 7.97. The Hall–Kier alpha value is -2.95. The van der Waals surface area contributed by atoms with Gasteiger partial charge in [-0.25, -0.2) is 24.3 Å². The van der Waals surface area contributed by atoms with E-state index in [2.05, 4.69) is 29.9 Å². The molecule has 6 N–H and O–H groups in total. The minimum atomic E-state index is -4.55. The highest BCUT2D eigenvalue weighted by Crippen LogP contribution is 2.54. The van der Waals surface area contributed by atoms with Gasteiger partial charge in [0.25, 0.3) is 13.0 Å². The lowest BCUT2D eigenvalue weighted by molar-refractivity contribution is -0.0592. The van der Waals surface area contributed by atoms with Gasteiger partial charge in [0.2, 0.25) is 13.5 Å². The van der Waals surface area contributed by atoms with Crippen molar-refractivity contribution in [2.24, 2.45) is 0 Å². The van der Waals surface area contributed by atoms with E-state index in [0.717, 1.165) is 0 Å².